The molecule has 0 bridgehead atoms. The smallest absolute Gasteiger partial charge is 0.310 e. The minimum atomic E-state index is -3.65. The van der Waals surface area contributed by atoms with Crippen molar-refractivity contribution in [2.75, 3.05) is 32.8 Å². The summed E-state index contributed by atoms with van der Waals surface area (Å²) in [4.78, 5) is 26.4. The van der Waals surface area contributed by atoms with Gasteiger partial charge in [-0.2, -0.15) is 4.31 Å². The standard InChI is InChI=1S/C18H26N2O6S/c1-3-25-18(22)14-7-6-8-19(12-14)17(21)15-11-16(13(2)26-15)27(23,24)20-9-4-5-10-20/h11,14H,3-10,12H2,1-2H3/t14-/m0/s1. The first-order chi connectivity index (χ1) is 12.8. The van der Waals surface area contributed by atoms with Crippen LogP contribution < -0.4 is 0 Å². The molecule has 1 atom stereocenters. The van der Waals surface area contributed by atoms with Crippen LogP contribution in [0, 0.1) is 12.8 Å². The second-order valence-corrected chi connectivity index (χ2v) is 8.89. The highest BCUT2D eigenvalue weighted by molar-refractivity contribution is 7.89. The van der Waals surface area contributed by atoms with Crippen LogP contribution in [0.2, 0.25) is 0 Å². The molecule has 0 unspecified atom stereocenters. The van der Waals surface area contributed by atoms with E-state index in [1.165, 1.54) is 15.3 Å². The lowest BCUT2D eigenvalue weighted by Gasteiger charge is -2.30. The maximum Gasteiger partial charge on any atom is 0.310 e. The van der Waals surface area contributed by atoms with Gasteiger partial charge in [-0.1, -0.05) is 0 Å². The third-order valence-corrected chi connectivity index (χ3v) is 7.10. The maximum atomic E-state index is 12.8. The number of piperidine rings is 1. The number of ether oxygens (including phenoxy) is 1. The van der Waals surface area contributed by atoms with Gasteiger partial charge in [-0.15, -0.1) is 0 Å². The van der Waals surface area contributed by atoms with Crippen molar-refractivity contribution in [2.45, 2.75) is 44.4 Å². The molecule has 0 aliphatic carbocycles. The molecule has 0 saturated carbocycles. The van der Waals surface area contributed by atoms with Gasteiger partial charge in [-0.25, -0.2) is 8.42 Å². The summed E-state index contributed by atoms with van der Waals surface area (Å²) in [7, 11) is -3.65. The summed E-state index contributed by atoms with van der Waals surface area (Å²) < 4.78 is 37.5. The van der Waals surface area contributed by atoms with Gasteiger partial charge in [0.2, 0.25) is 10.0 Å². The van der Waals surface area contributed by atoms with Crippen LogP contribution in [-0.2, 0) is 19.6 Å². The van der Waals surface area contributed by atoms with Gasteiger partial charge < -0.3 is 14.1 Å². The number of esters is 1. The molecule has 150 valence electrons. The highest BCUT2D eigenvalue weighted by Gasteiger charge is 2.34. The number of rotatable bonds is 5. The molecule has 0 aromatic carbocycles. The molecule has 1 aromatic heterocycles. The highest BCUT2D eigenvalue weighted by atomic mass is 32.2. The molecular weight excluding hydrogens is 372 g/mol. The Kier molecular flexibility index (Phi) is 5.90. The first-order valence-electron chi connectivity index (χ1n) is 9.41. The average molecular weight is 398 g/mol. The number of carbonyl (C=O) groups is 2. The molecule has 0 spiro atoms. The van der Waals surface area contributed by atoms with E-state index in [0.29, 0.717) is 39.1 Å². The van der Waals surface area contributed by atoms with Gasteiger partial charge in [0.05, 0.1) is 12.5 Å². The molecule has 2 fully saturated rings. The third kappa shape index (κ3) is 4.03. The Morgan fingerprint density at radius 3 is 2.59 bits per heavy atom. The van der Waals surface area contributed by atoms with Crippen LogP contribution in [0.25, 0.3) is 0 Å². The summed E-state index contributed by atoms with van der Waals surface area (Å²) in [6, 6.07) is 1.32. The largest absolute Gasteiger partial charge is 0.466 e. The Morgan fingerprint density at radius 1 is 1.22 bits per heavy atom. The van der Waals surface area contributed by atoms with Crippen molar-refractivity contribution in [3.8, 4) is 0 Å². The summed E-state index contributed by atoms with van der Waals surface area (Å²) in [5.74, 6) is -0.844. The van der Waals surface area contributed by atoms with Crippen molar-refractivity contribution in [2.24, 2.45) is 5.92 Å². The van der Waals surface area contributed by atoms with Gasteiger partial charge in [-0.3, -0.25) is 9.59 Å². The lowest BCUT2D eigenvalue weighted by molar-refractivity contribution is -0.149. The van der Waals surface area contributed by atoms with E-state index in [9.17, 15) is 18.0 Å². The summed E-state index contributed by atoms with van der Waals surface area (Å²) in [5.41, 5.74) is 0. The van der Waals surface area contributed by atoms with Gasteiger partial charge in [0.15, 0.2) is 5.76 Å². The molecule has 0 N–H and O–H groups in total. The van der Waals surface area contributed by atoms with Crippen LogP contribution in [0.15, 0.2) is 15.4 Å². The molecule has 2 aliphatic rings. The Balaban J connectivity index is 1.77. The Morgan fingerprint density at radius 2 is 1.93 bits per heavy atom. The predicted molar refractivity (Wildman–Crippen MR) is 96.7 cm³/mol. The average Bonchev–Trinajstić information content (AvgIpc) is 3.32. The van der Waals surface area contributed by atoms with E-state index >= 15 is 0 Å². The normalized spacial score (nSPS) is 21.4. The SMILES string of the molecule is CCOC(=O)[C@H]1CCCN(C(=O)c2cc(S(=O)(=O)N3CCCC3)c(C)o2)C1. The van der Waals surface area contributed by atoms with E-state index in [2.05, 4.69) is 0 Å². The summed E-state index contributed by atoms with van der Waals surface area (Å²) >= 11 is 0. The fourth-order valence-electron chi connectivity index (χ4n) is 3.66. The van der Waals surface area contributed by atoms with Gasteiger partial charge >= 0.3 is 5.97 Å². The van der Waals surface area contributed by atoms with Crippen molar-refractivity contribution in [1.29, 1.82) is 0 Å². The van der Waals surface area contributed by atoms with E-state index < -0.39 is 15.9 Å². The van der Waals surface area contributed by atoms with Crippen molar-refractivity contribution in [3.05, 3.63) is 17.6 Å². The lowest BCUT2D eigenvalue weighted by atomic mass is 9.98. The van der Waals surface area contributed by atoms with Gasteiger partial charge in [0, 0.05) is 32.2 Å². The molecule has 1 aromatic rings. The van der Waals surface area contributed by atoms with Crippen molar-refractivity contribution in [1.82, 2.24) is 9.21 Å². The molecular formula is C18H26N2O6S. The van der Waals surface area contributed by atoms with E-state index in [-0.39, 0.29) is 34.8 Å². The lowest BCUT2D eigenvalue weighted by Crippen LogP contribution is -2.42. The summed E-state index contributed by atoms with van der Waals surface area (Å²) in [5, 5.41) is 0. The molecule has 0 radical (unpaired) electrons. The second kappa shape index (κ2) is 8.02. The molecule has 1 amide bonds. The molecule has 2 saturated heterocycles. The molecule has 2 aliphatic heterocycles. The predicted octanol–water partition coefficient (Wildman–Crippen LogP) is 1.79. The molecule has 9 heteroatoms. The fourth-order valence-corrected chi connectivity index (χ4v) is 5.34. The van der Waals surface area contributed by atoms with Crippen LogP contribution in [0.5, 0.6) is 0 Å². The molecule has 3 rings (SSSR count). The zero-order chi connectivity index (χ0) is 19.6. The third-order valence-electron chi connectivity index (χ3n) is 5.09. The number of amides is 1. The number of furan rings is 1. The number of hydrogen-bond acceptors (Lipinski definition) is 6. The van der Waals surface area contributed by atoms with Gasteiger partial charge in [0.1, 0.15) is 10.7 Å². The van der Waals surface area contributed by atoms with E-state index in [1.54, 1.807) is 13.8 Å². The number of carbonyl (C=O) groups excluding carboxylic acids is 2. The number of likely N-dealkylation sites (tertiary alicyclic amines) is 1. The Hall–Kier alpha value is -1.87. The van der Waals surface area contributed by atoms with Gasteiger partial charge in [0.25, 0.3) is 5.91 Å². The first-order valence-corrected chi connectivity index (χ1v) is 10.8. The topological polar surface area (TPSA) is 97.1 Å². The van der Waals surface area contributed by atoms with Crippen molar-refractivity contribution in [3.63, 3.8) is 0 Å². The second-order valence-electron chi connectivity index (χ2n) is 6.98. The van der Waals surface area contributed by atoms with E-state index in [1.807, 2.05) is 0 Å². The Labute approximate surface area is 159 Å². The highest BCUT2D eigenvalue weighted by Crippen LogP contribution is 2.28. The van der Waals surface area contributed by atoms with Crippen molar-refractivity contribution < 1.29 is 27.2 Å². The fraction of sp³-hybridized carbons (Fsp3) is 0.667. The number of hydrogen-bond donors (Lipinski definition) is 0. The summed E-state index contributed by atoms with van der Waals surface area (Å²) in [6.45, 7) is 5.34. The monoisotopic (exact) mass is 398 g/mol. The maximum absolute atomic E-state index is 12.8. The summed E-state index contributed by atoms with van der Waals surface area (Å²) in [6.07, 6.45) is 3.04. The number of sulfonamides is 1. The first kappa shape index (κ1) is 19.9. The zero-order valence-corrected chi connectivity index (χ0v) is 16.6. The minimum absolute atomic E-state index is 0.00483. The van der Waals surface area contributed by atoms with E-state index in [0.717, 1.165) is 12.8 Å². The Bertz CT molecular complexity index is 810. The van der Waals surface area contributed by atoms with E-state index in [4.69, 9.17) is 9.15 Å². The number of aryl methyl sites for hydroxylation is 1. The quantitative estimate of drug-likeness (QED) is 0.702. The van der Waals surface area contributed by atoms with Crippen LogP contribution in [-0.4, -0.2) is 62.3 Å². The number of nitrogens with zero attached hydrogens (tertiary/aromatic N) is 2. The van der Waals surface area contributed by atoms with Crippen LogP contribution in [0.3, 0.4) is 0 Å². The van der Waals surface area contributed by atoms with Crippen LogP contribution in [0.1, 0.15) is 48.9 Å². The van der Waals surface area contributed by atoms with Crippen molar-refractivity contribution >= 4 is 21.9 Å². The van der Waals surface area contributed by atoms with Crippen LogP contribution in [0.4, 0.5) is 0 Å². The molecule has 27 heavy (non-hydrogen) atoms. The zero-order valence-electron chi connectivity index (χ0n) is 15.8. The minimum Gasteiger partial charge on any atom is -0.466 e. The van der Waals surface area contributed by atoms with Crippen LogP contribution >= 0.6 is 0 Å². The van der Waals surface area contributed by atoms with Gasteiger partial charge in [-0.05, 0) is 39.5 Å². The molecule has 3 heterocycles. The molecule has 8 nitrogen and oxygen atoms in total.